The van der Waals surface area contributed by atoms with E-state index in [0.29, 0.717) is 0 Å². The third-order valence-electron chi connectivity index (χ3n) is 3.58. The van der Waals surface area contributed by atoms with Crippen LogP contribution in [0.5, 0.6) is 0 Å². The zero-order valence-corrected chi connectivity index (χ0v) is 17.8. The Morgan fingerprint density at radius 2 is 0.677 bits per heavy atom. The molecule has 0 aromatic carbocycles. The van der Waals surface area contributed by atoms with Gasteiger partial charge in [-0.15, -0.1) is 26.2 Å². The van der Waals surface area contributed by atoms with Crippen LogP contribution < -0.4 is 0 Å². The van der Waals surface area contributed by atoms with Crippen LogP contribution >= 0.6 is 0 Å². The molecule has 5 radical (unpaired) electrons. The van der Waals surface area contributed by atoms with Crippen LogP contribution in [0, 0.1) is 26.2 Å². The molecule has 0 aliphatic carbocycles. The Bertz CT molecular complexity index is 781. The van der Waals surface area contributed by atoms with Gasteiger partial charge >= 0.3 is 17.1 Å². The molecule has 153 valence electrons. The molecule has 0 unspecified atom stereocenters. The van der Waals surface area contributed by atoms with E-state index in [1.165, 1.54) is 0 Å². The van der Waals surface area contributed by atoms with Gasteiger partial charge in [0.2, 0.25) is 0 Å². The average Bonchev–Trinajstić information content (AvgIpc) is 2.82. The fourth-order valence-corrected chi connectivity index (χ4v) is 2.19. The van der Waals surface area contributed by atoms with Gasteiger partial charge in [0, 0.05) is 47.6 Å². The van der Waals surface area contributed by atoms with Gasteiger partial charge in [0.15, 0.2) is 0 Å². The third kappa shape index (κ3) is 10.1. The van der Waals surface area contributed by atoms with E-state index in [4.69, 9.17) is 0 Å². The van der Waals surface area contributed by atoms with Gasteiger partial charge in [0.1, 0.15) is 0 Å². The number of pyridine rings is 4. The molecule has 0 saturated carbocycles. The SMILES string of the molecule is [CH]([N-][CH]c1ccccn1)c1ccccn1.[CH]([N-][CH]c1ccccn1)c1ccccn1.[Mn+2]. The molecule has 0 saturated heterocycles. The summed E-state index contributed by atoms with van der Waals surface area (Å²) in [5.74, 6) is 0. The van der Waals surface area contributed by atoms with E-state index < -0.39 is 0 Å². The number of hydrogen-bond donors (Lipinski definition) is 0. The summed E-state index contributed by atoms with van der Waals surface area (Å²) in [6.45, 7) is 6.81. The first-order valence-corrected chi connectivity index (χ1v) is 9.27. The van der Waals surface area contributed by atoms with Crippen molar-refractivity contribution in [1.82, 2.24) is 19.9 Å². The van der Waals surface area contributed by atoms with Gasteiger partial charge in [-0.05, 0) is 48.5 Å². The summed E-state index contributed by atoms with van der Waals surface area (Å²) >= 11 is 0. The van der Waals surface area contributed by atoms with E-state index in [1.807, 2.05) is 72.8 Å². The van der Waals surface area contributed by atoms with Crippen LogP contribution in [0.1, 0.15) is 22.8 Å². The fourth-order valence-electron chi connectivity index (χ4n) is 2.19. The Morgan fingerprint density at radius 3 is 0.871 bits per heavy atom. The van der Waals surface area contributed by atoms with Crippen molar-refractivity contribution < 1.29 is 17.1 Å². The monoisotopic (exact) mass is 447 g/mol. The molecular formula is C24H20MnN6. The number of nitrogens with zero attached hydrogens (tertiary/aromatic N) is 6. The summed E-state index contributed by atoms with van der Waals surface area (Å²) in [5, 5.41) is 8.27. The zero-order valence-electron chi connectivity index (χ0n) is 16.6. The van der Waals surface area contributed by atoms with Crippen molar-refractivity contribution in [3.05, 3.63) is 157 Å². The normalized spacial score (nSPS) is 9.81. The molecule has 0 aliphatic rings. The van der Waals surface area contributed by atoms with Crippen molar-refractivity contribution in [2.75, 3.05) is 0 Å². The van der Waals surface area contributed by atoms with Crippen LogP contribution in [0.4, 0.5) is 0 Å². The number of rotatable bonds is 8. The van der Waals surface area contributed by atoms with Crippen molar-refractivity contribution in [3.8, 4) is 0 Å². The predicted octanol–water partition coefficient (Wildman–Crippen LogP) is 5.14. The maximum Gasteiger partial charge on any atom is 2.00 e. The Kier molecular flexibility index (Phi) is 11.7. The Hall–Kier alpha value is -2.96. The Morgan fingerprint density at radius 1 is 0.419 bits per heavy atom. The van der Waals surface area contributed by atoms with Crippen LogP contribution in [-0.4, -0.2) is 19.9 Å². The molecular weight excluding hydrogens is 427 g/mol. The molecule has 31 heavy (non-hydrogen) atoms. The van der Waals surface area contributed by atoms with Crippen molar-refractivity contribution in [2.24, 2.45) is 0 Å². The van der Waals surface area contributed by atoms with Gasteiger partial charge in [0.25, 0.3) is 0 Å². The van der Waals surface area contributed by atoms with Crippen LogP contribution in [0.15, 0.2) is 97.6 Å². The maximum atomic E-state index is 4.14. The van der Waals surface area contributed by atoms with Crippen LogP contribution in [0.2, 0.25) is 0 Å². The molecule has 7 heteroatoms. The largest absolute Gasteiger partial charge is 2.00 e. The molecule has 6 nitrogen and oxygen atoms in total. The number of hydrogen-bond acceptors (Lipinski definition) is 4. The van der Waals surface area contributed by atoms with Gasteiger partial charge in [-0.2, -0.15) is 0 Å². The molecule has 0 fully saturated rings. The summed E-state index contributed by atoms with van der Waals surface area (Å²) < 4.78 is 0. The van der Waals surface area contributed by atoms with E-state index in [-0.39, 0.29) is 17.1 Å². The molecule has 0 amide bonds. The first kappa shape index (κ1) is 24.3. The molecule has 0 spiro atoms. The van der Waals surface area contributed by atoms with Gasteiger partial charge in [0.05, 0.1) is 0 Å². The zero-order chi connectivity index (χ0) is 20.7. The second-order valence-corrected chi connectivity index (χ2v) is 5.83. The van der Waals surface area contributed by atoms with Crippen LogP contribution in [-0.2, 0) is 17.1 Å². The van der Waals surface area contributed by atoms with E-state index in [9.17, 15) is 0 Å². The average molecular weight is 447 g/mol. The van der Waals surface area contributed by atoms with Crippen molar-refractivity contribution in [3.63, 3.8) is 0 Å². The minimum absolute atomic E-state index is 0. The van der Waals surface area contributed by atoms with E-state index in [0.717, 1.165) is 22.8 Å². The maximum absolute atomic E-state index is 4.14. The Balaban J connectivity index is 0.000000213. The molecule has 4 heterocycles. The topological polar surface area (TPSA) is 79.8 Å². The molecule has 4 aromatic rings. The van der Waals surface area contributed by atoms with Gasteiger partial charge in [-0.1, -0.05) is 24.3 Å². The summed E-state index contributed by atoms with van der Waals surface area (Å²) in [7, 11) is 0. The van der Waals surface area contributed by atoms with Crippen molar-refractivity contribution in [1.29, 1.82) is 0 Å². The predicted molar refractivity (Wildman–Crippen MR) is 117 cm³/mol. The standard InChI is InChI=1S/2C12H10N3.Mn/c2*1-3-7-14-11(5-1)9-13-10-12-6-2-4-8-15-12;/h2*1-10H;/q2*-1;+2. The first-order valence-electron chi connectivity index (χ1n) is 9.27. The third-order valence-corrected chi connectivity index (χ3v) is 3.58. The molecule has 4 aromatic heterocycles. The quantitative estimate of drug-likeness (QED) is 0.351. The van der Waals surface area contributed by atoms with Crippen LogP contribution in [0.3, 0.4) is 0 Å². The second-order valence-electron chi connectivity index (χ2n) is 5.83. The minimum Gasteiger partial charge on any atom is -0.648 e. The van der Waals surface area contributed by atoms with Crippen molar-refractivity contribution >= 4 is 0 Å². The smallest absolute Gasteiger partial charge is 0.648 e. The molecule has 0 bridgehead atoms. The summed E-state index contributed by atoms with van der Waals surface area (Å²) in [4.78, 5) is 16.5. The molecule has 0 atom stereocenters. The van der Waals surface area contributed by atoms with E-state index in [1.54, 1.807) is 51.0 Å². The van der Waals surface area contributed by atoms with Gasteiger partial charge in [-0.25, -0.2) is 0 Å². The minimum atomic E-state index is 0. The fraction of sp³-hybridized carbons (Fsp3) is 0. The van der Waals surface area contributed by atoms with E-state index >= 15 is 0 Å². The van der Waals surface area contributed by atoms with E-state index in [2.05, 4.69) is 30.6 Å². The number of aromatic nitrogens is 4. The molecule has 0 aliphatic heterocycles. The Labute approximate surface area is 194 Å². The second kappa shape index (κ2) is 14.9. The molecule has 4 rings (SSSR count). The molecule has 0 N–H and O–H groups in total. The van der Waals surface area contributed by atoms with Crippen LogP contribution in [0.25, 0.3) is 10.6 Å². The summed E-state index contributed by atoms with van der Waals surface area (Å²) in [6.07, 6.45) is 6.95. The first-order chi connectivity index (χ1) is 14.9. The summed E-state index contributed by atoms with van der Waals surface area (Å²) in [6, 6.07) is 22.8. The van der Waals surface area contributed by atoms with Gasteiger partial charge < -0.3 is 10.6 Å². The summed E-state index contributed by atoms with van der Waals surface area (Å²) in [5.41, 5.74) is 3.35. The van der Waals surface area contributed by atoms with Gasteiger partial charge in [-0.3, -0.25) is 19.9 Å². The van der Waals surface area contributed by atoms with Crippen molar-refractivity contribution in [2.45, 2.75) is 0 Å².